The van der Waals surface area contributed by atoms with E-state index in [1.807, 2.05) is 31.4 Å². The summed E-state index contributed by atoms with van der Waals surface area (Å²) in [5, 5.41) is 3.60. The predicted octanol–water partition coefficient (Wildman–Crippen LogP) is 3.24. The minimum Gasteiger partial charge on any atom is -0.346 e. The molecule has 6 heteroatoms. The number of aromatic amines is 1. The van der Waals surface area contributed by atoms with E-state index < -0.39 is 0 Å². The third-order valence-corrected chi connectivity index (χ3v) is 4.11. The topological polar surface area (TPSA) is 70.7 Å². The Balaban J connectivity index is 1.91. The Bertz CT molecular complexity index is 812. The molecule has 0 aliphatic heterocycles. The number of H-pyrrole nitrogens is 1. The van der Waals surface area contributed by atoms with Crippen molar-refractivity contribution < 1.29 is 4.79 Å². The smallest absolute Gasteiger partial charge is 0.275 e. The van der Waals surface area contributed by atoms with Crippen LogP contribution in [0.1, 0.15) is 16.1 Å². The predicted molar refractivity (Wildman–Crippen MR) is 84.8 cm³/mol. The summed E-state index contributed by atoms with van der Waals surface area (Å²) >= 11 is 1.65. The summed E-state index contributed by atoms with van der Waals surface area (Å²) in [5.41, 5.74) is 2.98. The largest absolute Gasteiger partial charge is 0.346 e. The number of anilines is 1. The van der Waals surface area contributed by atoms with Gasteiger partial charge in [0.15, 0.2) is 0 Å². The number of thioether (sulfide) groups is 1. The number of hydrogen-bond acceptors (Lipinski definition) is 4. The highest BCUT2D eigenvalue weighted by molar-refractivity contribution is 7.98. The fourth-order valence-corrected chi connectivity index (χ4v) is 2.78. The zero-order valence-electron chi connectivity index (χ0n) is 11.7. The van der Waals surface area contributed by atoms with Crippen LogP contribution in [0.3, 0.4) is 0 Å². The number of aromatic nitrogens is 3. The van der Waals surface area contributed by atoms with Gasteiger partial charge in [-0.2, -0.15) is 0 Å². The van der Waals surface area contributed by atoms with Crippen molar-refractivity contribution in [1.29, 1.82) is 0 Å². The summed E-state index contributed by atoms with van der Waals surface area (Å²) < 4.78 is 0. The molecular formula is C15H14N4OS. The van der Waals surface area contributed by atoms with E-state index in [0.29, 0.717) is 16.7 Å². The Morgan fingerprint density at radius 2 is 2.14 bits per heavy atom. The minimum atomic E-state index is -0.238. The van der Waals surface area contributed by atoms with Crippen molar-refractivity contribution in [3.05, 3.63) is 48.0 Å². The van der Waals surface area contributed by atoms with E-state index in [1.54, 1.807) is 24.0 Å². The van der Waals surface area contributed by atoms with E-state index in [-0.39, 0.29) is 5.91 Å². The number of rotatable bonds is 3. The number of nitrogens with zero attached hydrogens (tertiary/aromatic N) is 2. The molecule has 0 aliphatic carbocycles. The van der Waals surface area contributed by atoms with Crippen molar-refractivity contribution in [2.75, 3.05) is 11.6 Å². The summed E-state index contributed by atoms with van der Waals surface area (Å²) in [6.07, 6.45) is 5.14. The Labute approximate surface area is 126 Å². The molecule has 0 radical (unpaired) electrons. The van der Waals surface area contributed by atoms with Crippen LogP contribution >= 0.6 is 11.8 Å². The fourth-order valence-electron chi connectivity index (χ4n) is 2.14. The lowest BCUT2D eigenvalue weighted by atomic mass is 10.2. The first kappa shape index (κ1) is 13.6. The molecule has 106 valence electrons. The summed E-state index contributed by atoms with van der Waals surface area (Å²) in [7, 11) is 0. The summed E-state index contributed by atoms with van der Waals surface area (Å²) in [4.78, 5) is 24.7. The van der Waals surface area contributed by atoms with E-state index in [0.717, 1.165) is 10.6 Å². The van der Waals surface area contributed by atoms with Gasteiger partial charge in [-0.05, 0) is 36.9 Å². The molecule has 0 spiro atoms. The Kier molecular flexibility index (Phi) is 3.62. The molecule has 21 heavy (non-hydrogen) atoms. The second kappa shape index (κ2) is 5.57. The molecule has 2 N–H and O–H groups in total. The summed E-state index contributed by atoms with van der Waals surface area (Å²) in [6.45, 7) is 2.05. The van der Waals surface area contributed by atoms with E-state index in [1.165, 1.54) is 11.9 Å². The maximum absolute atomic E-state index is 12.4. The average Bonchev–Trinajstić information content (AvgIpc) is 2.97. The normalized spacial score (nSPS) is 10.8. The van der Waals surface area contributed by atoms with Crippen LogP contribution in [-0.2, 0) is 0 Å². The van der Waals surface area contributed by atoms with Gasteiger partial charge in [-0.1, -0.05) is 6.07 Å². The standard InChI is InChI=1S/C15H14N4OS/c1-9-3-4-10(7-12(9)21-2)19-15(20)13-11-5-6-16-14(11)18-8-17-13/h3-8H,1-2H3,(H,19,20)(H,16,17,18). The Morgan fingerprint density at radius 3 is 2.95 bits per heavy atom. The maximum atomic E-state index is 12.4. The first-order valence-corrected chi connectivity index (χ1v) is 7.65. The van der Waals surface area contributed by atoms with Crippen molar-refractivity contribution in [3.8, 4) is 0 Å². The van der Waals surface area contributed by atoms with Crippen molar-refractivity contribution in [2.24, 2.45) is 0 Å². The van der Waals surface area contributed by atoms with Crippen LogP contribution in [0.4, 0.5) is 5.69 Å². The van der Waals surface area contributed by atoms with Crippen LogP contribution in [0.15, 0.2) is 41.7 Å². The number of amides is 1. The van der Waals surface area contributed by atoms with E-state index in [2.05, 4.69) is 20.3 Å². The lowest BCUT2D eigenvalue weighted by molar-refractivity contribution is 0.102. The number of carbonyl (C=O) groups excluding carboxylic acids is 1. The number of hydrogen-bond donors (Lipinski definition) is 2. The Morgan fingerprint density at radius 1 is 1.29 bits per heavy atom. The molecule has 3 aromatic rings. The lowest BCUT2D eigenvalue weighted by Gasteiger charge is -2.08. The second-order valence-corrected chi connectivity index (χ2v) is 5.45. The van der Waals surface area contributed by atoms with Crippen LogP contribution < -0.4 is 5.32 Å². The molecule has 0 saturated carbocycles. The van der Waals surface area contributed by atoms with Crippen LogP contribution in [0.25, 0.3) is 11.0 Å². The quantitative estimate of drug-likeness (QED) is 0.728. The Hall–Kier alpha value is -2.34. The van der Waals surface area contributed by atoms with Gasteiger partial charge in [0.25, 0.3) is 5.91 Å². The van der Waals surface area contributed by atoms with E-state index in [4.69, 9.17) is 0 Å². The van der Waals surface area contributed by atoms with Crippen molar-refractivity contribution >= 4 is 34.4 Å². The SMILES string of the molecule is CSc1cc(NC(=O)c2ncnc3[nH]ccc23)ccc1C. The van der Waals surface area contributed by atoms with Crippen molar-refractivity contribution in [2.45, 2.75) is 11.8 Å². The molecule has 2 aromatic heterocycles. The number of fused-ring (bicyclic) bond motifs is 1. The van der Waals surface area contributed by atoms with Gasteiger partial charge in [0.1, 0.15) is 17.7 Å². The molecule has 5 nitrogen and oxygen atoms in total. The van der Waals surface area contributed by atoms with Crippen molar-refractivity contribution in [3.63, 3.8) is 0 Å². The molecule has 0 saturated heterocycles. The maximum Gasteiger partial charge on any atom is 0.275 e. The van der Waals surface area contributed by atoms with Gasteiger partial charge in [0, 0.05) is 16.8 Å². The highest BCUT2D eigenvalue weighted by atomic mass is 32.2. The lowest BCUT2D eigenvalue weighted by Crippen LogP contribution is -2.14. The molecule has 1 amide bonds. The molecule has 0 unspecified atom stereocenters. The van der Waals surface area contributed by atoms with Gasteiger partial charge in [-0.3, -0.25) is 4.79 Å². The van der Waals surface area contributed by atoms with E-state index >= 15 is 0 Å². The minimum absolute atomic E-state index is 0.238. The third kappa shape index (κ3) is 2.62. The number of benzene rings is 1. The summed E-state index contributed by atoms with van der Waals surface area (Å²) in [6, 6.07) is 7.65. The van der Waals surface area contributed by atoms with Crippen LogP contribution in [0.5, 0.6) is 0 Å². The number of nitrogens with one attached hydrogen (secondary N) is 2. The first-order valence-electron chi connectivity index (χ1n) is 6.43. The zero-order valence-corrected chi connectivity index (χ0v) is 12.5. The van der Waals surface area contributed by atoms with Crippen LogP contribution in [0, 0.1) is 6.92 Å². The molecule has 3 rings (SSSR count). The molecule has 2 heterocycles. The van der Waals surface area contributed by atoms with Gasteiger partial charge in [0.2, 0.25) is 0 Å². The third-order valence-electron chi connectivity index (χ3n) is 3.23. The monoisotopic (exact) mass is 298 g/mol. The molecule has 0 fully saturated rings. The number of carbonyl (C=O) groups is 1. The molecule has 0 bridgehead atoms. The van der Waals surface area contributed by atoms with Gasteiger partial charge in [-0.15, -0.1) is 11.8 Å². The van der Waals surface area contributed by atoms with Gasteiger partial charge < -0.3 is 10.3 Å². The highest BCUT2D eigenvalue weighted by Gasteiger charge is 2.13. The summed E-state index contributed by atoms with van der Waals surface area (Å²) in [5.74, 6) is -0.238. The molecular weight excluding hydrogens is 284 g/mol. The first-order chi connectivity index (χ1) is 10.2. The van der Waals surface area contributed by atoms with Crippen molar-refractivity contribution in [1.82, 2.24) is 15.0 Å². The molecule has 1 aromatic carbocycles. The molecule has 0 atom stereocenters. The van der Waals surface area contributed by atoms with Crippen LogP contribution in [-0.4, -0.2) is 27.1 Å². The molecule has 0 aliphatic rings. The fraction of sp³-hybridized carbons (Fsp3) is 0.133. The van der Waals surface area contributed by atoms with Gasteiger partial charge in [-0.25, -0.2) is 9.97 Å². The van der Waals surface area contributed by atoms with Crippen LogP contribution in [0.2, 0.25) is 0 Å². The zero-order chi connectivity index (χ0) is 14.8. The number of aryl methyl sites for hydroxylation is 1. The van der Waals surface area contributed by atoms with E-state index in [9.17, 15) is 4.79 Å². The van der Waals surface area contributed by atoms with Gasteiger partial charge in [0.05, 0.1) is 5.39 Å². The second-order valence-electron chi connectivity index (χ2n) is 4.60. The highest BCUT2D eigenvalue weighted by Crippen LogP contribution is 2.24. The van der Waals surface area contributed by atoms with Gasteiger partial charge >= 0.3 is 0 Å². The average molecular weight is 298 g/mol.